The Morgan fingerprint density at radius 3 is 2.23 bits per heavy atom. The summed E-state index contributed by atoms with van der Waals surface area (Å²) in [5.74, 6) is -0.713. The number of phenolic OH excluding ortho intramolecular Hbond substituents is 2. The van der Waals surface area contributed by atoms with E-state index < -0.39 is 10.0 Å². The Balaban J connectivity index is 1.35. The van der Waals surface area contributed by atoms with Gasteiger partial charge in [0.25, 0.3) is 5.91 Å². The minimum atomic E-state index is -3.68. The normalized spacial score (nSPS) is 14.0. The number of aromatic hydroxyl groups is 2. The van der Waals surface area contributed by atoms with Gasteiger partial charge in [-0.2, -0.15) is 0 Å². The Morgan fingerprint density at radius 2 is 1.60 bits per heavy atom. The number of allylic oxidation sites excluding steroid dienone is 2. The van der Waals surface area contributed by atoms with Gasteiger partial charge >= 0.3 is 0 Å². The number of carbonyl (C=O) groups excluding carboxylic acids is 1. The molecule has 0 atom stereocenters. The van der Waals surface area contributed by atoms with Crippen molar-refractivity contribution in [1.82, 2.24) is 4.72 Å². The van der Waals surface area contributed by atoms with Crippen LogP contribution >= 0.6 is 0 Å². The number of likely N-dealkylation sites (N-methyl/N-ethyl adjacent to an activating group) is 1. The summed E-state index contributed by atoms with van der Waals surface area (Å²) in [6, 6.07) is 18.4. The molecule has 0 aromatic heterocycles. The average Bonchev–Trinajstić information content (AvgIpc) is 3.25. The van der Waals surface area contributed by atoms with E-state index in [0.29, 0.717) is 24.1 Å². The van der Waals surface area contributed by atoms with Crippen molar-refractivity contribution >= 4 is 27.7 Å². The molecule has 0 saturated heterocycles. The van der Waals surface area contributed by atoms with E-state index in [0.717, 1.165) is 0 Å². The molecule has 3 aromatic rings. The van der Waals surface area contributed by atoms with Crippen molar-refractivity contribution in [2.45, 2.75) is 23.8 Å². The number of carbonyl (C=O) groups is 1. The number of nitrogens with zero attached hydrogens (tertiary/aromatic N) is 1. The van der Waals surface area contributed by atoms with Crippen LogP contribution in [0.25, 0.3) is 6.08 Å². The largest absolute Gasteiger partial charge is 0.504 e. The van der Waals surface area contributed by atoms with Crippen LogP contribution in [0.3, 0.4) is 0 Å². The minimum absolute atomic E-state index is 0.147. The van der Waals surface area contributed by atoms with Crippen LogP contribution in [0.5, 0.6) is 11.5 Å². The Bertz CT molecular complexity index is 1370. The third-order valence-electron chi connectivity index (χ3n) is 5.88. The molecule has 0 unspecified atom stereocenters. The molecule has 1 aliphatic rings. The summed E-state index contributed by atoms with van der Waals surface area (Å²) < 4.78 is 28.5. The number of anilines is 1. The molecule has 0 radical (unpaired) electrons. The number of rotatable bonds is 7. The second-order valence-corrected chi connectivity index (χ2v) is 10.1. The fraction of sp³-hybridized carbons (Fsp3) is 0.148. The predicted molar refractivity (Wildman–Crippen MR) is 136 cm³/mol. The maximum atomic E-state index is 12.8. The van der Waals surface area contributed by atoms with E-state index in [1.165, 1.54) is 46.4 Å². The molecule has 0 spiro atoms. The molecule has 0 aliphatic heterocycles. The number of phenols is 2. The zero-order valence-corrected chi connectivity index (χ0v) is 19.9. The zero-order valence-electron chi connectivity index (χ0n) is 19.1. The van der Waals surface area contributed by atoms with Crippen molar-refractivity contribution in [2.24, 2.45) is 0 Å². The first-order chi connectivity index (χ1) is 16.7. The number of sulfonamides is 1. The first-order valence-corrected chi connectivity index (χ1v) is 12.5. The van der Waals surface area contributed by atoms with Crippen molar-refractivity contribution in [2.75, 3.05) is 11.9 Å². The molecule has 3 aromatic carbocycles. The maximum absolute atomic E-state index is 12.8. The highest BCUT2D eigenvalue weighted by atomic mass is 32.2. The molecule has 35 heavy (non-hydrogen) atoms. The maximum Gasteiger partial charge on any atom is 0.250 e. The number of fused-ring (bicyclic) bond motifs is 1. The van der Waals surface area contributed by atoms with E-state index in [2.05, 4.69) is 4.72 Å². The molecule has 0 heterocycles. The Kier molecular flexibility index (Phi) is 7.04. The van der Waals surface area contributed by atoms with Gasteiger partial charge in [0, 0.05) is 24.9 Å². The molecule has 8 heteroatoms. The Hall–Kier alpha value is -3.88. The summed E-state index contributed by atoms with van der Waals surface area (Å²) in [7, 11) is -2.08. The molecular formula is C27H26N2O5S. The first kappa shape index (κ1) is 24.3. The molecule has 180 valence electrons. The van der Waals surface area contributed by atoms with Crippen molar-refractivity contribution in [3.8, 4) is 11.5 Å². The number of hydrogen-bond donors (Lipinski definition) is 3. The lowest BCUT2D eigenvalue weighted by Crippen LogP contribution is -2.35. The lowest BCUT2D eigenvalue weighted by atomic mass is 10.1. The van der Waals surface area contributed by atoms with E-state index in [1.54, 1.807) is 43.5 Å². The van der Waals surface area contributed by atoms with E-state index in [1.807, 2.05) is 24.3 Å². The Labute approximate surface area is 204 Å². The van der Waals surface area contributed by atoms with Crippen molar-refractivity contribution < 1.29 is 23.4 Å². The lowest BCUT2D eigenvalue weighted by molar-refractivity contribution is -0.113. The zero-order chi connectivity index (χ0) is 25.0. The molecule has 0 fully saturated rings. The van der Waals surface area contributed by atoms with Gasteiger partial charge in [0.05, 0.1) is 4.90 Å². The van der Waals surface area contributed by atoms with Gasteiger partial charge in [-0.15, -0.1) is 0 Å². The van der Waals surface area contributed by atoms with Gasteiger partial charge in [-0.1, -0.05) is 48.6 Å². The van der Waals surface area contributed by atoms with Crippen LogP contribution in [0.15, 0.2) is 89.9 Å². The van der Waals surface area contributed by atoms with Crippen molar-refractivity contribution in [1.29, 1.82) is 0 Å². The summed E-state index contributed by atoms with van der Waals surface area (Å²) >= 11 is 0. The van der Waals surface area contributed by atoms with E-state index in [4.69, 9.17) is 0 Å². The number of amides is 1. The smallest absolute Gasteiger partial charge is 0.250 e. The second-order valence-electron chi connectivity index (χ2n) is 8.35. The van der Waals surface area contributed by atoms with E-state index in [-0.39, 0.29) is 28.3 Å². The van der Waals surface area contributed by atoms with Crippen molar-refractivity contribution in [3.63, 3.8) is 0 Å². The first-order valence-electron chi connectivity index (χ1n) is 11.1. The van der Waals surface area contributed by atoms with Gasteiger partial charge in [0.15, 0.2) is 11.5 Å². The predicted octanol–water partition coefficient (Wildman–Crippen LogP) is 3.78. The number of hydrogen-bond acceptors (Lipinski definition) is 5. The van der Waals surface area contributed by atoms with Gasteiger partial charge in [-0.05, 0) is 65.9 Å². The third-order valence-corrected chi connectivity index (χ3v) is 7.41. The summed E-state index contributed by atoms with van der Waals surface area (Å²) in [6.07, 6.45) is 7.59. The molecule has 0 saturated carbocycles. The Morgan fingerprint density at radius 1 is 0.943 bits per heavy atom. The summed E-state index contributed by atoms with van der Waals surface area (Å²) in [5.41, 5.74) is 3.55. The monoisotopic (exact) mass is 490 g/mol. The van der Waals surface area contributed by atoms with Gasteiger partial charge in [0.2, 0.25) is 10.0 Å². The molecule has 0 bridgehead atoms. The average molecular weight is 491 g/mol. The van der Waals surface area contributed by atoms with Crippen LogP contribution in [-0.2, 0) is 27.7 Å². The molecule has 4 rings (SSSR count). The highest BCUT2D eigenvalue weighted by Gasteiger charge is 2.26. The molecule has 1 amide bonds. The molecule has 3 N–H and O–H groups in total. The van der Waals surface area contributed by atoms with Gasteiger partial charge in [-0.25, -0.2) is 13.1 Å². The fourth-order valence-electron chi connectivity index (χ4n) is 3.97. The van der Waals surface area contributed by atoms with Gasteiger partial charge in [0.1, 0.15) is 0 Å². The fourth-order valence-corrected chi connectivity index (χ4v) is 5.20. The van der Waals surface area contributed by atoms with Crippen LogP contribution in [0.2, 0.25) is 0 Å². The van der Waals surface area contributed by atoms with Crippen molar-refractivity contribution in [3.05, 3.63) is 102 Å². The summed E-state index contributed by atoms with van der Waals surface area (Å²) in [6.45, 7) is 0. The lowest BCUT2D eigenvalue weighted by Gasteiger charge is -2.17. The highest BCUT2D eigenvalue weighted by Crippen LogP contribution is 2.26. The second kappa shape index (κ2) is 10.2. The number of nitrogens with one attached hydrogen (secondary N) is 1. The van der Waals surface area contributed by atoms with Crippen LogP contribution in [0.4, 0.5) is 5.69 Å². The highest BCUT2D eigenvalue weighted by molar-refractivity contribution is 7.89. The molecular weight excluding hydrogens is 464 g/mol. The SMILES string of the molecule is CN(C(=O)/C=C/C=C/c1ccc(O)c(O)c1)c1ccc(S(=O)(=O)NC2Cc3ccccc3C2)cc1. The van der Waals surface area contributed by atoms with Gasteiger partial charge < -0.3 is 15.1 Å². The van der Waals surface area contributed by atoms with E-state index >= 15 is 0 Å². The van der Waals surface area contributed by atoms with Gasteiger partial charge in [-0.3, -0.25) is 4.79 Å². The van der Waals surface area contributed by atoms with Crippen LogP contribution < -0.4 is 9.62 Å². The minimum Gasteiger partial charge on any atom is -0.504 e. The summed E-state index contributed by atoms with van der Waals surface area (Å²) in [5, 5.41) is 18.9. The van der Waals surface area contributed by atoms with Crippen LogP contribution in [-0.4, -0.2) is 37.6 Å². The standard InChI is InChI=1S/C27H26N2O5S/c1-29(27(32)9-5-2-6-19-10-15-25(30)26(31)16-19)23-11-13-24(14-12-23)35(33,34)28-22-17-20-7-3-4-8-21(20)18-22/h2-16,22,28,30-31H,17-18H2,1H3/b6-2+,9-5+. The quantitative estimate of drug-likeness (QED) is 0.266. The third kappa shape index (κ3) is 5.79. The molecule has 7 nitrogen and oxygen atoms in total. The molecule has 1 aliphatic carbocycles. The van der Waals surface area contributed by atoms with Crippen LogP contribution in [0, 0.1) is 0 Å². The van der Waals surface area contributed by atoms with Crippen LogP contribution in [0.1, 0.15) is 16.7 Å². The van der Waals surface area contributed by atoms with E-state index in [9.17, 15) is 23.4 Å². The topological polar surface area (TPSA) is 107 Å². The summed E-state index contributed by atoms with van der Waals surface area (Å²) in [4.78, 5) is 14.0. The number of benzene rings is 3.